The average molecular weight is 537 g/mol. The summed E-state index contributed by atoms with van der Waals surface area (Å²) in [7, 11) is 0. The second-order valence-electron chi connectivity index (χ2n) is 9.42. The number of para-hydroxylation sites is 1. The van der Waals surface area contributed by atoms with Crippen LogP contribution in [-0.4, -0.2) is 16.5 Å². The van der Waals surface area contributed by atoms with Crippen LogP contribution < -0.4 is 10.0 Å². The van der Waals surface area contributed by atoms with Gasteiger partial charge in [0.2, 0.25) is 4.99 Å². The van der Waals surface area contributed by atoms with E-state index in [1.165, 1.54) is 11.8 Å². The Bertz CT molecular complexity index is 1630. The van der Waals surface area contributed by atoms with Gasteiger partial charge in [0.15, 0.2) is 10.8 Å². The van der Waals surface area contributed by atoms with Crippen molar-refractivity contribution in [2.75, 3.05) is 10.0 Å². The molecule has 0 radical (unpaired) electrons. The number of anilines is 2. The van der Waals surface area contributed by atoms with E-state index >= 15 is 0 Å². The molecule has 188 valence electrons. The lowest BCUT2D eigenvalue weighted by Gasteiger charge is -2.47. The molecule has 1 spiro atoms. The van der Waals surface area contributed by atoms with E-state index < -0.39 is 4.99 Å². The number of hydrazone groups is 2. The molecule has 1 atom stereocenters. The van der Waals surface area contributed by atoms with Crippen LogP contribution in [0.25, 0.3) is 0 Å². The number of nitrogens with zero attached hydrogens (tertiary/aromatic N) is 4. The van der Waals surface area contributed by atoms with Gasteiger partial charge in [-0.1, -0.05) is 77.8 Å². The molecule has 6 rings (SSSR count). The molecule has 2 aliphatic rings. The van der Waals surface area contributed by atoms with Crippen LogP contribution in [0.2, 0.25) is 5.02 Å². The average Bonchev–Trinajstić information content (AvgIpc) is 3.33. The monoisotopic (exact) mass is 536 g/mol. The first-order valence-electron chi connectivity index (χ1n) is 12.3. The molecule has 5 nitrogen and oxygen atoms in total. The molecular weight excluding hydrogens is 512 g/mol. The summed E-state index contributed by atoms with van der Waals surface area (Å²) in [5.74, 6) is -0.103. The summed E-state index contributed by atoms with van der Waals surface area (Å²) in [6.07, 6.45) is 0. The quantitative estimate of drug-likeness (QED) is 0.271. The number of benzene rings is 4. The van der Waals surface area contributed by atoms with Crippen LogP contribution in [-0.2, 0) is 9.79 Å². The number of Topliss-reactive ketones (excluding diaryl/α,β-unsaturated/α-hetero) is 1. The molecule has 2 heterocycles. The standard InChI is InChI=1S/C31H25ClN4OS/c1-20-16-17-21(2)27(18-20)29-26-14-7-8-15-28(26)31(35(33-29)24-11-5-4-6-12-24)36(34-30(38-31)22(3)37)25-13-9-10-23(32)19-25/h4-19H,1-3H3/t31-/m0/s1. The van der Waals surface area contributed by atoms with Gasteiger partial charge in [0.25, 0.3) is 0 Å². The van der Waals surface area contributed by atoms with E-state index in [2.05, 4.69) is 44.2 Å². The molecule has 4 aromatic rings. The number of carbonyl (C=O) groups excluding carboxylic acids is 1. The SMILES string of the molecule is CC(=O)C1=NN(c2cccc(Cl)c2)[C@]2(S1)c1ccccc1C(c1cc(C)ccc1C)=NN2c1ccccc1. The second kappa shape index (κ2) is 9.46. The van der Waals surface area contributed by atoms with Gasteiger partial charge in [-0.05, 0) is 67.6 Å². The van der Waals surface area contributed by atoms with E-state index in [1.807, 2.05) is 76.7 Å². The van der Waals surface area contributed by atoms with Crippen molar-refractivity contribution >= 4 is 51.3 Å². The number of carbonyl (C=O) groups is 1. The molecule has 0 fully saturated rings. The summed E-state index contributed by atoms with van der Waals surface area (Å²) < 4.78 is 0. The number of fused-ring (bicyclic) bond motifs is 2. The number of rotatable bonds is 4. The summed E-state index contributed by atoms with van der Waals surface area (Å²) in [5.41, 5.74) is 7.87. The van der Waals surface area contributed by atoms with Crippen molar-refractivity contribution in [3.05, 3.63) is 130 Å². The number of ketones is 1. The third kappa shape index (κ3) is 3.92. The summed E-state index contributed by atoms with van der Waals surface area (Å²) >= 11 is 7.85. The van der Waals surface area contributed by atoms with Crippen LogP contribution in [0.5, 0.6) is 0 Å². The highest BCUT2D eigenvalue weighted by Gasteiger charge is 2.55. The molecule has 0 aromatic heterocycles. The molecule has 4 aromatic carbocycles. The number of aryl methyl sites for hydroxylation is 2. The Balaban J connectivity index is 1.69. The first kappa shape index (κ1) is 24.5. The first-order chi connectivity index (χ1) is 18.4. The van der Waals surface area contributed by atoms with Crippen LogP contribution in [0.15, 0.2) is 107 Å². The predicted molar refractivity (Wildman–Crippen MR) is 158 cm³/mol. The molecule has 0 N–H and O–H groups in total. The van der Waals surface area contributed by atoms with Gasteiger partial charge in [-0.2, -0.15) is 10.2 Å². The Kier molecular flexibility index (Phi) is 6.09. The van der Waals surface area contributed by atoms with Crippen molar-refractivity contribution in [3.63, 3.8) is 0 Å². The number of hydrogen-bond acceptors (Lipinski definition) is 6. The van der Waals surface area contributed by atoms with Gasteiger partial charge in [-0.3, -0.25) is 4.79 Å². The van der Waals surface area contributed by atoms with Crippen molar-refractivity contribution in [1.82, 2.24) is 0 Å². The summed E-state index contributed by atoms with van der Waals surface area (Å²) in [4.78, 5) is 11.8. The van der Waals surface area contributed by atoms with Gasteiger partial charge in [0, 0.05) is 28.6 Å². The molecule has 0 saturated carbocycles. The molecule has 0 saturated heterocycles. The fraction of sp³-hybridized carbons (Fsp3) is 0.129. The lowest BCUT2D eigenvalue weighted by atomic mass is 9.90. The van der Waals surface area contributed by atoms with Crippen LogP contribution >= 0.6 is 23.4 Å². The smallest absolute Gasteiger partial charge is 0.234 e. The van der Waals surface area contributed by atoms with Crippen molar-refractivity contribution in [1.29, 1.82) is 0 Å². The van der Waals surface area contributed by atoms with E-state index in [1.54, 1.807) is 6.92 Å². The highest BCUT2D eigenvalue weighted by molar-refractivity contribution is 8.17. The topological polar surface area (TPSA) is 48.3 Å². The molecule has 7 heteroatoms. The Morgan fingerprint density at radius 3 is 2.26 bits per heavy atom. The maximum absolute atomic E-state index is 12.8. The van der Waals surface area contributed by atoms with Gasteiger partial charge >= 0.3 is 0 Å². The zero-order valence-corrected chi connectivity index (χ0v) is 22.8. The van der Waals surface area contributed by atoms with Crippen molar-refractivity contribution in [2.24, 2.45) is 10.2 Å². The summed E-state index contributed by atoms with van der Waals surface area (Å²) in [6, 6.07) is 32.3. The van der Waals surface area contributed by atoms with E-state index in [0.29, 0.717) is 10.1 Å². The number of halogens is 1. The van der Waals surface area contributed by atoms with Crippen LogP contribution in [0.3, 0.4) is 0 Å². The Morgan fingerprint density at radius 2 is 1.50 bits per heavy atom. The zero-order chi connectivity index (χ0) is 26.4. The number of thioether (sulfide) groups is 1. The minimum Gasteiger partial charge on any atom is -0.292 e. The highest BCUT2D eigenvalue weighted by Crippen LogP contribution is 2.55. The van der Waals surface area contributed by atoms with Crippen molar-refractivity contribution in [2.45, 2.75) is 25.8 Å². The summed E-state index contributed by atoms with van der Waals surface area (Å²) in [5, 5.41) is 15.1. The normalized spacial score (nSPS) is 18.3. The molecular formula is C31H25ClN4OS. The molecule has 0 amide bonds. The molecule has 0 unspecified atom stereocenters. The number of hydrogen-bond donors (Lipinski definition) is 0. The van der Waals surface area contributed by atoms with Gasteiger partial charge in [-0.15, -0.1) is 0 Å². The van der Waals surface area contributed by atoms with E-state index in [0.717, 1.165) is 44.9 Å². The Morgan fingerprint density at radius 1 is 0.789 bits per heavy atom. The molecule has 0 bridgehead atoms. The highest BCUT2D eigenvalue weighted by atomic mass is 35.5. The maximum atomic E-state index is 12.8. The molecule has 0 aliphatic carbocycles. The minimum atomic E-state index is -0.995. The predicted octanol–water partition coefficient (Wildman–Crippen LogP) is 7.50. The van der Waals surface area contributed by atoms with Crippen LogP contribution in [0.1, 0.15) is 34.7 Å². The van der Waals surface area contributed by atoms with Crippen molar-refractivity contribution < 1.29 is 4.79 Å². The Labute approximate surface area is 231 Å². The lowest BCUT2D eigenvalue weighted by Crippen LogP contribution is -2.54. The second-order valence-corrected chi connectivity index (χ2v) is 11.0. The Hall–Kier alpha value is -3.87. The van der Waals surface area contributed by atoms with E-state index in [4.69, 9.17) is 21.8 Å². The summed E-state index contributed by atoms with van der Waals surface area (Å²) in [6.45, 7) is 5.75. The fourth-order valence-corrected chi connectivity index (χ4v) is 6.42. The zero-order valence-electron chi connectivity index (χ0n) is 21.2. The molecule has 2 aliphatic heterocycles. The van der Waals surface area contributed by atoms with Gasteiger partial charge in [-0.25, -0.2) is 10.0 Å². The lowest BCUT2D eigenvalue weighted by molar-refractivity contribution is -0.110. The maximum Gasteiger partial charge on any atom is 0.234 e. The molecule has 38 heavy (non-hydrogen) atoms. The van der Waals surface area contributed by atoms with E-state index in [9.17, 15) is 4.79 Å². The third-order valence-corrected chi connectivity index (χ3v) is 8.39. The van der Waals surface area contributed by atoms with Crippen LogP contribution in [0.4, 0.5) is 11.4 Å². The van der Waals surface area contributed by atoms with Gasteiger partial charge in [0.1, 0.15) is 0 Å². The first-order valence-corrected chi connectivity index (χ1v) is 13.5. The largest absolute Gasteiger partial charge is 0.292 e. The van der Waals surface area contributed by atoms with Crippen LogP contribution in [0, 0.1) is 13.8 Å². The third-order valence-electron chi connectivity index (χ3n) is 6.74. The fourth-order valence-electron chi connectivity index (χ4n) is 4.94. The van der Waals surface area contributed by atoms with Gasteiger partial charge < -0.3 is 0 Å². The van der Waals surface area contributed by atoms with E-state index in [-0.39, 0.29) is 5.78 Å². The minimum absolute atomic E-state index is 0.103. The van der Waals surface area contributed by atoms with Gasteiger partial charge in [0.05, 0.1) is 17.1 Å². The van der Waals surface area contributed by atoms with Crippen molar-refractivity contribution in [3.8, 4) is 0 Å².